The quantitative estimate of drug-likeness (QED) is 0.474. The predicted octanol–water partition coefficient (Wildman–Crippen LogP) is 3.73. The molecule has 0 saturated carbocycles. The molecule has 7 heteroatoms. The summed E-state index contributed by atoms with van der Waals surface area (Å²) in [4.78, 5) is 15.9. The third kappa shape index (κ3) is 3.51. The van der Waals surface area contributed by atoms with Crippen LogP contribution in [0.4, 0.5) is 0 Å². The van der Waals surface area contributed by atoms with Gasteiger partial charge in [0.2, 0.25) is 5.91 Å². The Morgan fingerprint density at radius 3 is 2.60 bits per heavy atom. The van der Waals surface area contributed by atoms with Crippen LogP contribution in [0, 0.1) is 0 Å². The van der Waals surface area contributed by atoms with Crippen molar-refractivity contribution in [2.45, 2.75) is 25.0 Å². The monoisotopic (exact) mass is 400 g/mol. The fourth-order valence-corrected chi connectivity index (χ4v) is 3.80. The number of hydrogen-bond acceptors (Lipinski definition) is 5. The summed E-state index contributed by atoms with van der Waals surface area (Å²) in [5, 5.41) is 22.2. The number of benzene rings is 2. The van der Waals surface area contributed by atoms with Crippen LogP contribution in [-0.2, 0) is 4.79 Å². The van der Waals surface area contributed by atoms with Crippen molar-refractivity contribution in [3.05, 3.63) is 72.7 Å². The molecule has 0 bridgehead atoms. The first-order chi connectivity index (χ1) is 14.7. The zero-order valence-electron chi connectivity index (χ0n) is 16.1. The van der Waals surface area contributed by atoms with E-state index in [9.17, 15) is 9.90 Å². The van der Waals surface area contributed by atoms with Crippen LogP contribution >= 0.6 is 0 Å². The zero-order chi connectivity index (χ0) is 20.5. The number of hydrogen-bond donors (Lipinski definition) is 3. The molecular formula is C23H20N4O3. The molecular weight excluding hydrogens is 380 g/mol. The summed E-state index contributed by atoms with van der Waals surface area (Å²) in [7, 11) is 0. The molecule has 0 spiro atoms. The molecule has 3 heterocycles. The molecule has 4 aromatic rings. The van der Waals surface area contributed by atoms with Gasteiger partial charge in [0.25, 0.3) is 0 Å². The summed E-state index contributed by atoms with van der Waals surface area (Å²) in [5.41, 5.74) is 2.54. The first-order valence-electron chi connectivity index (χ1n) is 9.81. The van der Waals surface area contributed by atoms with Crippen molar-refractivity contribution < 1.29 is 14.6 Å². The van der Waals surface area contributed by atoms with E-state index in [-0.39, 0.29) is 11.9 Å². The van der Waals surface area contributed by atoms with E-state index in [2.05, 4.69) is 20.5 Å². The Labute approximate surface area is 172 Å². The van der Waals surface area contributed by atoms with Gasteiger partial charge in [-0.1, -0.05) is 0 Å². The highest BCUT2D eigenvalue weighted by Gasteiger charge is 2.30. The minimum Gasteiger partial charge on any atom is -0.457 e. The maximum Gasteiger partial charge on any atom is 0.220 e. The van der Waals surface area contributed by atoms with Gasteiger partial charge in [-0.15, -0.1) is 0 Å². The van der Waals surface area contributed by atoms with Gasteiger partial charge in [0, 0.05) is 24.2 Å². The average molecular weight is 400 g/mol. The molecule has 1 amide bonds. The second-order valence-corrected chi connectivity index (χ2v) is 7.33. The van der Waals surface area contributed by atoms with Crippen LogP contribution in [-0.4, -0.2) is 32.2 Å². The van der Waals surface area contributed by atoms with Crippen LogP contribution in [0.15, 0.2) is 67.0 Å². The highest BCUT2D eigenvalue weighted by molar-refractivity contribution is 5.86. The van der Waals surface area contributed by atoms with Crippen LogP contribution < -0.4 is 10.1 Å². The zero-order valence-corrected chi connectivity index (χ0v) is 16.1. The highest BCUT2D eigenvalue weighted by atomic mass is 16.5. The minimum absolute atomic E-state index is 0.0338. The van der Waals surface area contributed by atoms with Gasteiger partial charge >= 0.3 is 0 Å². The van der Waals surface area contributed by atoms with E-state index in [1.54, 1.807) is 12.4 Å². The third-order valence-electron chi connectivity index (χ3n) is 5.36. The highest BCUT2D eigenvalue weighted by Crippen LogP contribution is 2.32. The van der Waals surface area contributed by atoms with E-state index in [1.807, 2.05) is 54.6 Å². The number of ether oxygens (including phenoxy) is 1. The van der Waals surface area contributed by atoms with E-state index in [4.69, 9.17) is 4.74 Å². The predicted molar refractivity (Wildman–Crippen MR) is 112 cm³/mol. The number of carbonyl (C=O) groups excluding carboxylic acids is 1. The number of pyridine rings is 1. The Kier molecular flexibility index (Phi) is 4.65. The molecule has 1 aliphatic rings. The normalized spacial score (nSPS) is 17.1. The molecule has 1 aliphatic heterocycles. The lowest BCUT2D eigenvalue weighted by Gasteiger charge is -2.19. The number of nitrogens with zero attached hydrogens (tertiary/aromatic N) is 2. The number of carbonyl (C=O) groups is 1. The Morgan fingerprint density at radius 2 is 1.87 bits per heavy atom. The van der Waals surface area contributed by atoms with E-state index >= 15 is 0 Å². The Bertz CT molecular complexity index is 1190. The van der Waals surface area contributed by atoms with Crippen molar-refractivity contribution in [1.82, 2.24) is 20.5 Å². The van der Waals surface area contributed by atoms with Crippen LogP contribution in [0.5, 0.6) is 11.5 Å². The minimum atomic E-state index is -0.845. The molecule has 0 radical (unpaired) electrons. The SMILES string of the molecule is O=C1CC[C@@H](C(O)c2nccc3cc(Oc4ccc(-c5ccn[nH]5)cc4)ccc23)N1. The topological polar surface area (TPSA) is 100 Å². The Morgan fingerprint density at radius 1 is 1.03 bits per heavy atom. The van der Waals surface area contributed by atoms with Gasteiger partial charge in [0.15, 0.2) is 0 Å². The maximum atomic E-state index is 11.5. The molecule has 0 aliphatic carbocycles. The molecule has 1 unspecified atom stereocenters. The van der Waals surface area contributed by atoms with Crippen molar-refractivity contribution in [2.75, 3.05) is 0 Å². The van der Waals surface area contributed by atoms with Crippen molar-refractivity contribution in [1.29, 1.82) is 0 Å². The van der Waals surface area contributed by atoms with Crippen molar-refractivity contribution in [3.63, 3.8) is 0 Å². The first-order valence-corrected chi connectivity index (χ1v) is 9.81. The average Bonchev–Trinajstić information content (AvgIpc) is 3.45. The van der Waals surface area contributed by atoms with Gasteiger partial charge in [-0.05, 0) is 72.0 Å². The second kappa shape index (κ2) is 7.61. The number of rotatable bonds is 5. The third-order valence-corrected chi connectivity index (χ3v) is 5.36. The summed E-state index contributed by atoms with van der Waals surface area (Å²) in [5.74, 6) is 1.38. The molecule has 2 aromatic carbocycles. The number of aromatic amines is 1. The van der Waals surface area contributed by atoms with Gasteiger partial charge in [-0.2, -0.15) is 5.10 Å². The maximum absolute atomic E-state index is 11.5. The van der Waals surface area contributed by atoms with Crippen LogP contribution in [0.3, 0.4) is 0 Å². The molecule has 2 aromatic heterocycles. The van der Waals surface area contributed by atoms with Gasteiger partial charge in [-0.25, -0.2) is 0 Å². The number of fused-ring (bicyclic) bond motifs is 1. The molecule has 2 atom stereocenters. The lowest BCUT2D eigenvalue weighted by Crippen LogP contribution is -2.31. The fourth-order valence-electron chi connectivity index (χ4n) is 3.80. The summed E-state index contributed by atoms with van der Waals surface area (Å²) in [6.45, 7) is 0. The first kappa shape index (κ1) is 18.3. The molecule has 3 N–H and O–H groups in total. The molecule has 7 nitrogen and oxygen atoms in total. The smallest absolute Gasteiger partial charge is 0.220 e. The number of H-pyrrole nitrogens is 1. The molecule has 1 fully saturated rings. The van der Waals surface area contributed by atoms with Crippen molar-refractivity contribution in [3.8, 4) is 22.8 Å². The van der Waals surface area contributed by atoms with Crippen LogP contribution in [0.25, 0.3) is 22.0 Å². The van der Waals surface area contributed by atoms with Gasteiger partial charge in [0.05, 0.1) is 17.4 Å². The van der Waals surface area contributed by atoms with E-state index in [1.165, 1.54) is 0 Å². The summed E-state index contributed by atoms with van der Waals surface area (Å²) >= 11 is 0. The number of amides is 1. The number of nitrogens with one attached hydrogen (secondary N) is 2. The summed E-state index contributed by atoms with van der Waals surface area (Å²) in [6.07, 6.45) is 3.58. The van der Waals surface area contributed by atoms with Crippen molar-refractivity contribution in [2.24, 2.45) is 0 Å². The van der Waals surface area contributed by atoms with Crippen molar-refractivity contribution >= 4 is 16.7 Å². The summed E-state index contributed by atoms with van der Waals surface area (Å²) in [6, 6.07) is 16.9. The molecule has 150 valence electrons. The molecule has 5 rings (SSSR count). The molecule has 30 heavy (non-hydrogen) atoms. The number of aliphatic hydroxyl groups is 1. The lowest BCUT2D eigenvalue weighted by atomic mass is 10.0. The van der Waals surface area contributed by atoms with Gasteiger partial charge in [0.1, 0.15) is 17.6 Å². The van der Waals surface area contributed by atoms with E-state index in [0.717, 1.165) is 27.8 Å². The number of aliphatic hydroxyl groups excluding tert-OH is 1. The largest absolute Gasteiger partial charge is 0.457 e. The summed E-state index contributed by atoms with van der Waals surface area (Å²) < 4.78 is 6.01. The van der Waals surface area contributed by atoms with E-state index in [0.29, 0.717) is 24.3 Å². The van der Waals surface area contributed by atoms with Gasteiger partial charge in [-0.3, -0.25) is 14.9 Å². The Hall–Kier alpha value is -3.71. The van der Waals surface area contributed by atoms with E-state index < -0.39 is 6.10 Å². The van der Waals surface area contributed by atoms with Gasteiger partial charge < -0.3 is 15.2 Å². The fraction of sp³-hybridized carbons (Fsp3) is 0.174. The molecule has 1 saturated heterocycles. The second-order valence-electron chi connectivity index (χ2n) is 7.33. The number of aromatic nitrogens is 3. The standard InChI is InChI=1S/C23H20N4O3/c28-21-8-7-20(26-21)23(29)22-18-6-5-17(13-15(18)9-11-24-22)30-16-3-1-14(2-4-16)19-10-12-25-27-19/h1-6,9-13,20,23,29H,7-8H2,(H,25,27)(H,26,28)/t20-,23?/m0/s1. The van der Waals surface area contributed by atoms with Crippen LogP contribution in [0.2, 0.25) is 0 Å². The van der Waals surface area contributed by atoms with Crippen LogP contribution in [0.1, 0.15) is 24.6 Å². The lowest BCUT2D eigenvalue weighted by molar-refractivity contribution is -0.119. The Balaban J connectivity index is 1.38.